The number of carbonyl (C=O) groups is 1. The van der Waals surface area contributed by atoms with Crippen LogP contribution in [0, 0.1) is 0 Å². The van der Waals surface area contributed by atoms with Crippen LogP contribution >= 0.6 is 0 Å². The monoisotopic (exact) mass is 257 g/mol. The number of carboxylic acid groups (broad SMARTS) is 1. The second-order valence-electron chi connectivity index (χ2n) is 3.13. The van der Waals surface area contributed by atoms with Crippen LogP contribution in [0.15, 0.2) is 29.2 Å². The lowest BCUT2D eigenvalue weighted by Gasteiger charge is -2.07. The summed E-state index contributed by atoms with van der Waals surface area (Å²) in [6.45, 7) is 0. The third kappa shape index (κ3) is 3.58. The molecule has 0 spiro atoms. The zero-order valence-electron chi connectivity index (χ0n) is 8.95. The number of methoxy groups -OCH3 is 1. The van der Waals surface area contributed by atoms with Crippen molar-refractivity contribution >= 4 is 22.1 Å². The Morgan fingerprint density at radius 1 is 1.47 bits per heavy atom. The number of carboxylic acids is 1. The Kier molecular flexibility index (Phi) is 3.87. The van der Waals surface area contributed by atoms with Gasteiger partial charge in [-0.3, -0.25) is 0 Å². The molecule has 0 fully saturated rings. The van der Waals surface area contributed by atoms with Crippen molar-refractivity contribution < 1.29 is 23.1 Å². The van der Waals surface area contributed by atoms with Gasteiger partial charge in [0.05, 0.1) is 7.11 Å². The Balaban J connectivity index is 3.23. The largest absolute Gasteiger partial charge is 0.495 e. The summed E-state index contributed by atoms with van der Waals surface area (Å²) in [5.74, 6) is -1.03. The molecule has 0 radical (unpaired) electrons. The van der Waals surface area contributed by atoms with Crippen molar-refractivity contribution in [2.45, 2.75) is 4.90 Å². The second-order valence-corrected chi connectivity index (χ2v) is 4.66. The molecule has 92 valence electrons. The average Bonchev–Trinajstić information content (AvgIpc) is 2.24. The fraction of sp³-hybridized carbons (Fsp3) is 0.100. The second kappa shape index (κ2) is 4.98. The molecule has 0 aliphatic heterocycles. The first-order valence-corrected chi connectivity index (χ1v) is 6.01. The van der Waals surface area contributed by atoms with E-state index in [9.17, 15) is 13.2 Å². The minimum atomic E-state index is -3.86. The summed E-state index contributed by atoms with van der Waals surface area (Å²) in [5.41, 5.74) is 0.497. The van der Waals surface area contributed by atoms with E-state index >= 15 is 0 Å². The van der Waals surface area contributed by atoms with Crippen molar-refractivity contribution in [3.63, 3.8) is 0 Å². The van der Waals surface area contributed by atoms with E-state index in [2.05, 4.69) is 0 Å². The van der Waals surface area contributed by atoms with Gasteiger partial charge in [0.25, 0.3) is 0 Å². The van der Waals surface area contributed by atoms with Gasteiger partial charge in [-0.25, -0.2) is 18.4 Å². The van der Waals surface area contributed by atoms with Crippen LogP contribution in [0.4, 0.5) is 0 Å². The van der Waals surface area contributed by atoms with Gasteiger partial charge in [0.15, 0.2) is 0 Å². The number of sulfonamides is 1. The van der Waals surface area contributed by atoms with Gasteiger partial charge < -0.3 is 9.84 Å². The number of ether oxygens (including phenoxy) is 1. The van der Waals surface area contributed by atoms with Crippen LogP contribution in [-0.2, 0) is 14.8 Å². The first-order valence-electron chi connectivity index (χ1n) is 4.46. The number of benzene rings is 1. The van der Waals surface area contributed by atoms with Crippen LogP contribution in [0.3, 0.4) is 0 Å². The molecule has 3 N–H and O–H groups in total. The lowest BCUT2D eigenvalue weighted by molar-refractivity contribution is -0.131. The fourth-order valence-corrected chi connectivity index (χ4v) is 1.87. The molecule has 0 saturated carbocycles. The topological polar surface area (TPSA) is 107 Å². The van der Waals surface area contributed by atoms with E-state index in [1.165, 1.54) is 31.4 Å². The molecule has 1 aromatic rings. The minimum Gasteiger partial charge on any atom is -0.495 e. The molecule has 0 aliphatic rings. The Bertz CT molecular complexity index is 562. The van der Waals surface area contributed by atoms with Gasteiger partial charge >= 0.3 is 5.97 Å². The van der Waals surface area contributed by atoms with E-state index in [-0.39, 0.29) is 10.6 Å². The summed E-state index contributed by atoms with van der Waals surface area (Å²) < 4.78 is 27.2. The number of primary sulfonamides is 1. The lowest BCUT2D eigenvalue weighted by Crippen LogP contribution is -2.13. The fourth-order valence-electron chi connectivity index (χ4n) is 1.19. The Labute approximate surface area is 98.4 Å². The van der Waals surface area contributed by atoms with E-state index in [0.29, 0.717) is 5.56 Å². The molecule has 6 nitrogen and oxygen atoms in total. The average molecular weight is 257 g/mol. The maximum Gasteiger partial charge on any atom is 0.328 e. The van der Waals surface area contributed by atoms with Crippen LogP contribution in [0.5, 0.6) is 5.75 Å². The quantitative estimate of drug-likeness (QED) is 0.761. The first-order chi connectivity index (χ1) is 7.84. The van der Waals surface area contributed by atoms with Crippen LogP contribution in [0.1, 0.15) is 5.56 Å². The van der Waals surface area contributed by atoms with Crippen LogP contribution in [0.25, 0.3) is 6.08 Å². The molecular formula is C10H11NO5S. The summed E-state index contributed by atoms with van der Waals surface area (Å²) in [4.78, 5) is 10.2. The van der Waals surface area contributed by atoms with E-state index in [1.54, 1.807) is 0 Å². The maximum absolute atomic E-state index is 11.2. The van der Waals surface area contributed by atoms with E-state index in [0.717, 1.165) is 6.08 Å². The molecule has 0 heterocycles. The standard InChI is InChI=1S/C10H11NO5S/c1-16-8-6-7(3-5-10(12)13)2-4-9(8)17(11,14)15/h2-6H,1H3,(H,12,13)(H2,11,14,15). The predicted molar refractivity (Wildman–Crippen MR) is 61.0 cm³/mol. The van der Waals surface area contributed by atoms with Crippen molar-refractivity contribution in [3.05, 3.63) is 29.8 Å². The SMILES string of the molecule is COc1cc(C=CC(=O)O)ccc1S(N)(=O)=O. The number of hydrogen-bond donors (Lipinski definition) is 2. The van der Waals surface area contributed by atoms with Crippen molar-refractivity contribution in [1.29, 1.82) is 0 Å². The number of rotatable bonds is 4. The summed E-state index contributed by atoms with van der Waals surface area (Å²) in [6, 6.07) is 4.08. The van der Waals surface area contributed by atoms with Crippen LogP contribution < -0.4 is 9.88 Å². The zero-order chi connectivity index (χ0) is 13.1. The normalized spacial score (nSPS) is 11.6. The molecule has 0 amide bonds. The molecule has 17 heavy (non-hydrogen) atoms. The molecule has 7 heteroatoms. The Morgan fingerprint density at radius 2 is 2.12 bits per heavy atom. The molecule has 0 aliphatic carbocycles. The Morgan fingerprint density at radius 3 is 2.59 bits per heavy atom. The van der Waals surface area contributed by atoms with Gasteiger partial charge in [-0.1, -0.05) is 6.07 Å². The third-order valence-corrected chi connectivity index (χ3v) is 2.86. The van der Waals surface area contributed by atoms with Gasteiger partial charge in [-0.15, -0.1) is 0 Å². The van der Waals surface area contributed by atoms with Crippen molar-refractivity contribution in [3.8, 4) is 5.75 Å². The van der Waals surface area contributed by atoms with Gasteiger partial charge in [-0.2, -0.15) is 0 Å². The van der Waals surface area contributed by atoms with E-state index in [4.69, 9.17) is 15.0 Å². The third-order valence-electron chi connectivity index (χ3n) is 1.91. The molecule has 1 aromatic carbocycles. The highest BCUT2D eigenvalue weighted by Crippen LogP contribution is 2.24. The van der Waals surface area contributed by atoms with E-state index in [1.807, 2.05) is 0 Å². The minimum absolute atomic E-state index is 0.0695. The van der Waals surface area contributed by atoms with Crippen molar-refractivity contribution in [2.75, 3.05) is 7.11 Å². The molecule has 0 bridgehead atoms. The van der Waals surface area contributed by atoms with Crippen LogP contribution in [0.2, 0.25) is 0 Å². The lowest BCUT2D eigenvalue weighted by atomic mass is 10.2. The van der Waals surface area contributed by atoms with Crippen molar-refractivity contribution in [1.82, 2.24) is 0 Å². The molecule has 0 saturated heterocycles. The first kappa shape index (κ1) is 13.2. The zero-order valence-corrected chi connectivity index (χ0v) is 9.77. The van der Waals surface area contributed by atoms with Gasteiger partial charge in [0, 0.05) is 6.08 Å². The number of nitrogens with two attached hydrogens (primary N) is 1. The van der Waals surface area contributed by atoms with Crippen molar-refractivity contribution in [2.24, 2.45) is 5.14 Å². The number of hydrogen-bond acceptors (Lipinski definition) is 4. The summed E-state index contributed by atoms with van der Waals surface area (Å²) in [5, 5.41) is 13.4. The molecule has 1 rings (SSSR count). The van der Waals surface area contributed by atoms with Gasteiger partial charge in [0.1, 0.15) is 10.6 Å². The van der Waals surface area contributed by atoms with Gasteiger partial charge in [-0.05, 0) is 23.8 Å². The summed E-state index contributed by atoms with van der Waals surface area (Å²) >= 11 is 0. The molecule has 0 unspecified atom stereocenters. The molecular weight excluding hydrogens is 246 g/mol. The molecule has 0 aromatic heterocycles. The highest BCUT2D eigenvalue weighted by atomic mass is 32.2. The Hall–Kier alpha value is -1.86. The predicted octanol–water partition coefficient (Wildman–Crippen LogP) is 0.440. The smallest absolute Gasteiger partial charge is 0.328 e. The van der Waals surface area contributed by atoms with Crippen LogP contribution in [-0.4, -0.2) is 26.6 Å². The summed E-state index contributed by atoms with van der Waals surface area (Å²) in [7, 11) is -2.56. The van der Waals surface area contributed by atoms with Gasteiger partial charge in [0.2, 0.25) is 10.0 Å². The highest BCUT2D eigenvalue weighted by molar-refractivity contribution is 7.89. The number of aliphatic carboxylic acids is 1. The summed E-state index contributed by atoms with van der Waals surface area (Å²) in [6.07, 6.45) is 2.25. The highest BCUT2D eigenvalue weighted by Gasteiger charge is 2.14. The van der Waals surface area contributed by atoms with E-state index < -0.39 is 16.0 Å². The molecule has 0 atom stereocenters. The maximum atomic E-state index is 11.2.